The lowest BCUT2D eigenvalue weighted by atomic mass is 10.1. The fourth-order valence-electron chi connectivity index (χ4n) is 3.46. The largest absolute Gasteiger partial charge is 0.380 e. The highest BCUT2D eigenvalue weighted by molar-refractivity contribution is 5.96. The van der Waals surface area contributed by atoms with Crippen molar-refractivity contribution in [2.75, 3.05) is 20.2 Å². The molecule has 4 nitrogen and oxygen atoms in total. The van der Waals surface area contributed by atoms with Crippen molar-refractivity contribution in [3.63, 3.8) is 0 Å². The van der Waals surface area contributed by atoms with Gasteiger partial charge in [-0.25, -0.2) is 0 Å². The van der Waals surface area contributed by atoms with Gasteiger partial charge in [0.1, 0.15) is 0 Å². The molecule has 20 heavy (non-hydrogen) atoms. The van der Waals surface area contributed by atoms with Crippen LogP contribution in [0.4, 0.5) is 0 Å². The number of benzene rings is 1. The number of fused-ring (bicyclic) bond motifs is 2. The van der Waals surface area contributed by atoms with E-state index < -0.39 is 0 Å². The maximum absolute atomic E-state index is 13.0. The maximum atomic E-state index is 13.0. The molecule has 2 saturated heterocycles. The van der Waals surface area contributed by atoms with Crippen molar-refractivity contribution in [2.45, 2.75) is 38.0 Å². The molecule has 2 atom stereocenters. The van der Waals surface area contributed by atoms with E-state index in [1.54, 1.807) is 7.11 Å². The third kappa shape index (κ3) is 2.45. The lowest BCUT2D eigenvalue weighted by Gasteiger charge is -2.28. The zero-order chi connectivity index (χ0) is 13.9. The molecule has 0 radical (unpaired) electrons. The van der Waals surface area contributed by atoms with Crippen molar-refractivity contribution < 1.29 is 9.53 Å². The molecule has 2 fully saturated rings. The summed E-state index contributed by atoms with van der Waals surface area (Å²) in [7, 11) is 1.67. The summed E-state index contributed by atoms with van der Waals surface area (Å²) in [5.74, 6) is 0.175. The van der Waals surface area contributed by atoms with Gasteiger partial charge in [0.25, 0.3) is 5.91 Å². The number of nitrogens with one attached hydrogen (secondary N) is 1. The summed E-state index contributed by atoms with van der Waals surface area (Å²) in [4.78, 5) is 15.1. The molecular weight excluding hydrogens is 252 g/mol. The Balaban J connectivity index is 1.88. The van der Waals surface area contributed by atoms with Gasteiger partial charge in [-0.1, -0.05) is 18.2 Å². The SMILES string of the molecule is COCc1ccccc1C(=O)N1C2CCNCC1CC2. The average molecular weight is 274 g/mol. The minimum atomic E-state index is 0.175. The molecule has 4 heteroatoms. The van der Waals surface area contributed by atoms with Gasteiger partial charge in [-0.05, 0) is 37.4 Å². The van der Waals surface area contributed by atoms with Crippen molar-refractivity contribution >= 4 is 5.91 Å². The lowest BCUT2D eigenvalue weighted by molar-refractivity contribution is 0.0675. The first-order valence-corrected chi connectivity index (χ1v) is 7.41. The smallest absolute Gasteiger partial charge is 0.254 e. The van der Waals surface area contributed by atoms with Gasteiger partial charge in [0.15, 0.2) is 0 Å². The lowest BCUT2D eigenvalue weighted by Crippen LogP contribution is -2.42. The van der Waals surface area contributed by atoms with Crippen LogP contribution < -0.4 is 5.32 Å². The van der Waals surface area contributed by atoms with Gasteiger partial charge in [0.05, 0.1) is 6.61 Å². The zero-order valence-corrected chi connectivity index (χ0v) is 12.0. The summed E-state index contributed by atoms with van der Waals surface area (Å²) in [6.07, 6.45) is 3.33. The number of rotatable bonds is 3. The average Bonchev–Trinajstić information content (AvgIpc) is 2.72. The van der Waals surface area contributed by atoms with E-state index in [1.165, 1.54) is 0 Å². The number of carbonyl (C=O) groups is 1. The molecule has 0 aliphatic carbocycles. The predicted octanol–water partition coefficient (Wildman–Crippen LogP) is 1.80. The molecule has 0 saturated carbocycles. The van der Waals surface area contributed by atoms with Gasteiger partial charge in [0.2, 0.25) is 0 Å². The maximum Gasteiger partial charge on any atom is 0.254 e. The highest BCUT2D eigenvalue weighted by Gasteiger charge is 2.38. The molecule has 2 heterocycles. The van der Waals surface area contributed by atoms with E-state index in [0.717, 1.165) is 43.5 Å². The van der Waals surface area contributed by atoms with E-state index in [2.05, 4.69) is 10.2 Å². The second-order valence-electron chi connectivity index (χ2n) is 5.68. The normalized spacial score (nSPS) is 25.6. The Labute approximate surface area is 120 Å². The fraction of sp³-hybridized carbons (Fsp3) is 0.562. The number of hydrogen-bond acceptors (Lipinski definition) is 3. The second-order valence-corrected chi connectivity index (χ2v) is 5.68. The number of carbonyl (C=O) groups excluding carboxylic acids is 1. The van der Waals surface area contributed by atoms with Crippen molar-refractivity contribution in [1.82, 2.24) is 10.2 Å². The Hall–Kier alpha value is -1.39. The van der Waals surface area contributed by atoms with Crippen LogP contribution in [-0.2, 0) is 11.3 Å². The molecule has 108 valence electrons. The van der Waals surface area contributed by atoms with E-state index in [1.807, 2.05) is 24.3 Å². The van der Waals surface area contributed by atoms with Crippen LogP contribution in [0.1, 0.15) is 35.2 Å². The number of methoxy groups -OCH3 is 1. The monoisotopic (exact) mass is 274 g/mol. The highest BCUT2D eigenvalue weighted by atomic mass is 16.5. The van der Waals surface area contributed by atoms with Crippen molar-refractivity contribution in [1.29, 1.82) is 0 Å². The third-order valence-electron chi connectivity index (χ3n) is 4.44. The van der Waals surface area contributed by atoms with Crippen LogP contribution in [0.15, 0.2) is 24.3 Å². The third-order valence-corrected chi connectivity index (χ3v) is 4.44. The zero-order valence-electron chi connectivity index (χ0n) is 12.0. The number of nitrogens with zero attached hydrogens (tertiary/aromatic N) is 1. The first-order valence-electron chi connectivity index (χ1n) is 7.41. The van der Waals surface area contributed by atoms with E-state index in [4.69, 9.17) is 4.74 Å². The Bertz CT molecular complexity index is 475. The minimum absolute atomic E-state index is 0.175. The summed E-state index contributed by atoms with van der Waals surface area (Å²) in [5.41, 5.74) is 1.78. The van der Waals surface area contributed by atoms with Gasteiger partial charge < -0.3 is 15.0 Å². The van der Waals surface area contributed by atoms with Crippen LogP contribution in [0.2, 0.25) is 0 Å². The van der Waals surface area contributed by atoms with E-state index >= 15 is 0 Å². The molecule has 2 unspecified atom stereocenters. The molecule has 2 bridgehead atoms. The molecule has 3 rings (SSSR count). The van der Waals surface area contributed by atoms with Gasteiger partial charge in [0, 0.05) is 31.3 Å². The van der Waals surface area contributed by atoms with Gasteiger partial charge >= 0.3 is 0 Å². The van der Waals surface area contributed by atoms with Crippen molar-refractivity contribution in [2.24, 2.45) is 0 Å². The summed E-state index contributed by atoms with van der Waals surface area (Å²) in [5, 5.41) is 3.44. The Morgan fingerprint density at radius 2 is 2.10 bits per heavy atom. The molecular formula is C16H22N2O2. The number of hydrogen-bond donors (Lipinski definition) is 1. The van der Waals surface area contributed by atoms with Gasteiger partial charge in [-0.15, -0.1) is 0 Å². The van der Waals surface area contributed by atoms with Crippen LogP contribution in [0, 0.1) is 0 Å². The molecule has 1 amide bonds. The van der Waals surface area contributed by atoms with Crippen LogP contribution in [0.5, 0.6) is 0 Å². The van der Waals surface area contributed by atoms with Crippen LogP contribution >= 0.6 is 0 Å². The van der Waals surface area contributed by atoms with Crippen LogP contribution in [0.25, 0.3) is 0 Å². The Morgan fingerprint density at radius 1 is 1.30 bits per heavy atom. The molecule has 1 aromatic rings. The van der Waals surface area contributed by atoms with E-state index in [9.17, 15) is 4.79 Å². The summed E-state index contributed by atoms with van der Waals surface area (Å²) < 4.78 is 5.22. The summed E-state index contributed by atoms with van der Waals surface area (Å²) in [6, 6.07) is 8.56. The quantitative estimate of drug-likeness (QED) is 0.914. The Kier molecular flexibility index (Phi) is 4.03. The first kappa shape index (κ1) is 13.6. The van der Waals surface area contributed by atoms with E-state index in [-0.39, 0.29) is 5.91 Å². The minimum Gasteiger partial charge on any atom is -0.380 e. The first-order chi connectivity index (χ1) is 9.81. The molecule has 1 N–H and O–H groups in total. The standard InChI is InChI=1S/C16H22N2O2/c1-20-11-12-4-2-3-5-15(12)16(19)18-13-6-7-14(18)10-17-9-8-13/h2-5,13-14,17H,6-11H2,1H3. The fourth-order valence-corrected chi connectivity index (χ4v) is 3.46. The van der Waals surface area contributed by atoms with Crippen molar-refractivity contribution in [3.05, 3.63) is 35.4 Å². The molecule has 2 aliphatic heterocycles. The van der Waals surface area contributed by atoms with Crippen molar-refractivity contribution in [3.8, 4) is 0 Å². The summed E-state index contributed by atoms with van der Waals surface area (Å²) >= 11 is 0. The number of ether oxygens (including phenoxy) is 1. The summed E-state index contributed by atoms with van der Waals surface area (Å²) in [6.45, 7) is 2.43. The molecule has 0 spiro atoms. The van der Waals surface area contributed by atoms with Crippen LogP contribution in [-0.4, -0.2) is 43.1 Å². The van der Waals surface area contributed by atoms with Gasteiger partial charge in [-0.3, -0.25) is 4.79 Å². The predicted molar refractivity (Wildman–Crippen MR) is 77.6 cm³/mol. The second kappa shape index (κ2) is 5.94. The van der Waals surface area contributed by atoms with Gasteiger partial charge in [-0.2, -0.15) is 0 Å². The van der Waals surface area contributed by atoms with E-state index in [0.29, 0.717) is 18.7 Å². The molecule has 0 aromatic heterocycles. The topological polar surface area (TPSA) is 41.6 Å². The molecule has 1 aromatic carbocycles. The van der Waals surface area contributed by atoms with Crippen LogP contribution in [0.3, 0.4) is 0 Å². The molecule has 2 aliphatic rings. The Morgan fingerprint density at radius 3 is 2.95 bits per heavy atom. The highest BCUT2D eigenvalue weighted by Crippen LogP contribution is 2.30. The number of amides is 1.